The molecule has 0 atom stereocenters. The first-order valence-electron chi connectivity index (χ1n) is 8.03. The van der Waals surface area contributed by atoms with Crippen LogP contribution in [0.5, 0.6) is 0 Å². The van der Waals surface area contributed by atoms with E-state index in [2.05, 4.69) is 39.5 Å². The maximum atomic E-state index is 12.4. The van der Waals surface area contributed by atoms with Crippen molar-refractivity contribution in [2.45, 2.75) is 13.0 Å². The summed E-state index contributed by atoms with van der Waals surface area (Å²) in [5.41, 5.74) is 2.06. The molecule has 120 valence electrons. The predicted molar refractivity (Wildman–Crippen MR) is 91.2 cm³/mol. The lowest BCUT2D eigenvalue weighted by molar-refractivity contribution is 0.211. The lowest BCUT2D eigenvalue weighted by Gasteiger charge is -2.22. The Morgan fingerprint density at radius 3 is 2.70 bits per heavy atom. The number of pyridine rings is 1. The van der Waals surface area contributed by atoms with Gasteiger partial charge >= 0.3 is 6.03 Å². The van der Waals surface area contributed by atoms with Crippen molar-refractivity contribution in [3.63, 3.8) is 0 Å². The molecule has 5 heteroatoms. The molecule has 0 aliphatic carbocycles. The Bertz CT molecular complexity index is 617. The first kappa shape index (κ1) is 15.5. The van der Waals surface area contributed by atoms with Crippen LogP contribution in [0.3, 0.4) is 0 Å². The molecule has 0 saturated carbocycles. The molecular weight excluding hydrogens is 288 g/mol. The van der Waals surface area contributed by atoms with Crippen LogP contribution in [0.25, 0.3) is 0 Å². The van der Waals surface area contributed by atoms with Gasteiger partial charge in [-0.25, -0.2) is 4.79 Å². The van der Waals surface area contributed by atoms with Gasteiger partial charge in [0.1, 0.15) is 0 Å². The number of nitrogens with one attached hydrogen (secondary N) is 1. The summed E-state index contributed by atoms with van der Waals surface area (Å²) in [5.74, 6) is 0. The fraction of sp³-hybridized carbons (Fsp3) is 0.333. The standard InChI is InChI=1S/C18H22N4O/c23-18(20-17-8-4-9-19-14-17)22-11-5-10-21(12-13-22)15-16-6-2-1-3-7-16/h1-4,6-9,14H,5,10-13,15H2,(H,20,23). The van der Waals surface area contributed by atoms with Gasteiger partial charge < -0.3 is 10.2 Å². The Hall–Kier alpha value is -2.40. The Labute approximate surface area is 136 Å². The van der Waals surface area contributed by atoms with E-state index in [4.69, 9.17) is 0 Å². The van der Waals surface area contributed by atoms with E-state index in [0.717, 1.165) is 44.8 Å². The van der Waals surface area contributed by atoms with Gasteiger partial charge in [0.05, 0.1) is 11.9 Å². The normalized spacial score (nSPS) is 15.9. The maximum absolute atomic E-state index is 12.4. The Morgan fingerprint density at radius 1 is 1.04 bits per heavy atom. The second-order valence-electron chi connectivity index (χ2n) is 5.77. The number of urea groups is 1. The van der Waals surface area contributed by atoms with Crippen LogP contribution in [0.4, 0.5) is 10.5 Å². The maximum Gasteiger partial charge on any atom is 0.321 e. The van der Waals surface area contributed by atoms with Gasteiger partial charge in [0, 0.05) is 38.9 Å². The topological polar surface area (TPSA) is 48.5 Å². The summed E-state index contributed by atoms with van der Waals surface area (Å²) in [6.45, 7) is 4.40. The fourth-order valence-electron chi connectivity index (χ4n) is 2.81. The van der Waals surface area contributed by atoms with Crippen molar-refractivity contribution in [2.75, 3.05) is 31.5 Å². The molecule has 1 N–H and O–H groups in total. The fourth-order valence-corrected chi connectivity index (χ4v) is 2.81. The second-order valence-corrected chi connectivity index (χ2v) is 5.77. The molecule has 3 rings (SSSR count). The zero-order valence-electron chi connectivity index (χ0n) is 13.2. The van der Waals surface area contributed by atoms with Gasteiger partial charge in [-0.2, -0.15) is 0 Å². The first-order chi connectivity index (χ1) is 11.3. The molecule has 0 spiro atoms. The van der Waals surface area contributed by atoms with Gasteiger partial charge in [-0.15, -0.1) is 0 Å². The van der Waals surface area contributed by atoms with Gasteiger partial charge in [0.25, 0.3) is 0 Å². The minimum absolute atomic E-state index is 0.0421. The van der Waals surface area contributed by atoms with Crippen molar-refractivity contribution in [3.8, 4) is 0 Å². The summed E-state index contributed by atoms with van der Waals surface area (Å²) in [6.07, 6.45) is 4.35. The van der Waals surface area contributed by atoms with Crippen LogP contribution in [0, 0.1) is 0 Å². The molecule has 1 aromatic carbocycles. The monoisotopic (exact) mass is 310 g/mol. The zero-order chi connectivity index (χ0) is 15.9. The van der Waals surface area contributed by atoms with Crippen LogP contribution < -0.4 is 5.32 Å². The van der Waals surface area contributed by atoms with E-state index in [-0.39, 0.29) is 6.03 Å². The van der Waals surface area contributed by atoms with E-state index < -0.39 is 0 Å². The molecular formula is C18H22N4O. The lowest BCUT2D eigenvalue weighted by atomic mass is 10.2. The highest BCUT2D eigenvalue weighted by atomic mass is 16.2. The molecule has 0 bridgehead atoms. The van der Waals surface area contributed by atoms with Gasteiger partial charge in [-0.1, -0.05) is 30.3 Å². The SMILES string of the molecule is O=C(Nc1cccnc1)N1CCCN(Cc2ccccc2)CC1. The minimum atomic E-state index is -0.0421. The van der Waals surface area contributed by atoms with Gasteiger partial charge in [-0.05, 0) is 24.1 Å². The van der Waals surface area contributed by atoms with Crippen LogP contribution in [-0.4, -0.2) is 47.0 Å². The molecule has 5 nitrogen and oxygen atoms in total. The van der Waals surface area contributed by atoms with Crippen LogP contribution >= 0.6 is 0 Å². The summed E-state index contributed by atoms with van der Waals surface area (Å²) in [7, 11) is 0. The van der Waals surface area contributed by atoms with E-state index in [0.29, 0.717) is 0 Å². The summed E-state index contributed by atoms with van der Waals surface area (Å²) >= 11 is 0. The van der Waals surface area contributed by atoms with E-state index >= 15 is 0 Å². The van der Waals surface area contributed by atoms with Crippen LogP contribution in [0.2, 0.25) is 0 Å². The third-order valence-corrected chi connectivity index (χ3v) is 4.04. The highest BCUT2D eigenvalue weighted by molar-refractivity contribution is 5.89. The lowest BCUT2D eigenvalue weighted by Crippen LogP contribution is -2.38. The Morgan fingerprint density at radius 2 is 1.91 bits per heavy atom. The molecule has 0 radical (unpaired) electrons. The minimum Gasteiger partial charge on any atom is -0.323 e. The van der Waals surface area contributed by atoms with Crippen LogP contribution in [0.1, 0.15) is 12.0 Å². The average molecular weight is 310 g/mol. The zero-order valence-corrected chi connectivity index (χ0v) is 13.2. The molecule has 1 saturated heterocycles. The number of amides is 2. The van der Waals surface area contributed by atoms with E-state index in [1.54, 1.807) is 12.4 Å². The average Bonchev–Trinajstić information content (AvgIpc) is 2.82. The third-order valence-electron chi connectivity index (χ3n) is 4.04. The molecule has 0 unspecified atom stereocenters. The number of carbonyl (C=O) groups excluding carboxylic acids is 1. The summed E-state index contributed by atoms with van der Waals surface area (Å²) in [6, 6.07) is 14.1. The quantitative estimate of drug-likeness (QED) is 0.948. The number of aromatic nitrogens is 1. The number of anilines is 1. The number of hydrogen-bond acceptors (Lipinski definition) is 3. The molecule has 1 aliphatic rings. The van der Waals surface area contributed by atoms with Crippen molar-refractivity contribution in [2.24, 2.45) is 0 Å². The van der Waals surface area contributed by atoms with E-state index in [9.17, 15) is 4.79 Å². The number of benzene rings is 1. The molecule has 2 aromatic rings. The van der Waals surface area contributed by atoms with Crippen molar-refractivity contribution in [3.05, 3.63) is 60.4 Å². The van der Waals surface area contributed by atoms with Gasteiger partial charge in [0.15, 0.2) is 0 Å². The number of rotatable bonds is 3. The number of hydrogen-bond donors (Lipinski definition) is 1. The van der Waals surface area contributed by atoms with Crippen LogP contribution in [0.15, 0.2) is 54.9 Å². The second kappa shape index (κ2) is 7.74. The van der Waals surface area contributed by atoms with Crippen molar-refractivity contribution in [1.82, 2.24) is 14.8 Å². The predicted octanol–water partition coefficient (Wildman–Crippen LogP) is 2.82. The number of carbonyl (C=O) groups is 1. The highest BCUT2D eigenvalue weighted by Gasteiger charge is 2.19. The van der Waals surface area contributed by atoms with Crippen molar-refractivity contribution in [1.29, 1.82) is 0 Å². The molecule has 1 aromatic heterocycles. The number of nitrogens with zero attached hydrogens (tertiary/aromatic N) is 3. The molecule has 23 heavy (non-hydrogen) atoms. The third kappa shape index (κ3) is 4.53. The highest BCUT2D eigenvalue weighted by Crippen LogP contribution is 2.11. The Balaban J connectivity index is 1.53. The van der Waals surface area contributed by atoms with Crippen LogP contribution in [-0.2, 0) is 6.54 Å². The molecule has 2 amide bonds. The summed E-state index contributed by atoms with van der Waals surface area (Å²) < 4.78 is 0. The smallest absolute Gasteiger partial charge is 0.321 e. The summed E-state index contributed by atoms with van der Waals surface area (Å²) in [4.78, 5) is 20.7. The van der Waals surface area contributed by atoms with E-state index in [1.807, 2.05) is 23.1 Å². The summed E-state index contributed by atoms with van der Waals surface area (Å²) in [5, 5.41) is 2.91. The van der Waals surface area contributed by atoms with E-state index in [1.165, 1.54) is 5.56 Å². The first-order valence-corrected chi connectivity index (χ1v) is 8.03. The molecule has 1 fully saturated rings. The Kier molecular flexibility index (Phi) is 5.21. The van der Waals surface area contributed by atoms with Gasteiger partial charge in [-0.3, -0.25) is 9.88 Å². The largest absolute Gasteiger partial charge is 0.323 e. The van der Waals surface area contributed by atoms with Crippen molar-refractivity contribution < 1.29 is 4.79 Å². The van der Waals surface area contributed by atoms with Gasteiger partial charge in [0.2, 0.25) is 0 Å². The van der Waals surface area contributed by atoms with Crippen molar-refractivity contribution >= 4 is 11.7 Å². The molecule has 2 heterocycles. The molecule has 1 aliphatic heterocycles.